The van der Waals surface area contributed by atoms with Gasteiger partial charge in [0, 0.05) is 16.0 Å². The van der Waals surface area contributed by atoms with Gasteiger partial charge < -0.3 is 8.94 Å². The Morgan fingerprint density at radius 1 is 1.12 bits per heavy atom. The molecule has 5 rings (SSSR count). The van der Waals surface area contributed by atoms with Gasteiger partial charge in [-0.2, -0.15) is 4.98 Å². The van der Waals surface area contributed by atoms with Crippen LogP contribution in [0.2, 0.25) is 0 Å². The maximum atomic E-state index is 11.3. The Balaban J connectivity index is 1.41. The van der Waals surface area contributed by atoms with Crippen molar-refractivity contribution in [3.8, 4) is 11.4 Å². The number of rotatable bonds is 3. The second-order valence-electron chi connectivity index (χ2n) is 6.18. The molecule has 0 unspecified atom stereocenters. The number of hydrogen-bond acceptors (Lipinski definition) is 5. The first-order valence-electron chi connectivity index (χ1n) is 7.90. The summed E-state index contributed by atoms with van der Waals surface area (Å²) in [6.07, 6.45) is 1.01. The van der Waals surface area contributed by atoms with Gasteiger partial charge in [0.15, 0.2) is 5.58 Å². The minimum Gasteiger partial charge on any atom is -0.408 e. The van der Waals surface area contributed by atoms with Crippen LogP contribution in [0, 0.1) is 0 Å². The van der Waals surface area contributed by atoms with Crippen molar-refractivity contribution in [3.05, 3.63) is 68.9 Å². The minimum atomic E-state index is -0.476. The summed E-state index contributed by atoms with van der Waals surface area (Å²) in [7, 11) is 0. The molecule has 0 bridgehead atoms. The lowest BCUT2D eigenvalue weighted by Gasteiger charge is -1.98. The molecule has 2 atom stereocenters. The molecular formula is C18H12BrN3O3. The first-order chi connectivity index (χ1) is 12.2. The highest BCUT2D eigenvalue weighted by Gasteiger charge is 2.43. The third kappa shape index (κ3) is 2.60. The lowest BCUT2D eigenvalue weighted by Crippen LogP contribution is -1.92. The molecule has 4 aromatic rings. The van der Waals surface area contributed by atoms with Gasteiger partial charge >= 0.3 is 5.76 Å². The van der Waals surface area contributed by atoms with Gasteiger partial charge in [0.1, 0.15) is 0 Å². The topological polar surface area (TPSA) is 84.9 Å². The van der Waals surface area contributed by atoms with Crippen LogP contribution in [0.3, 0.4) is 0 Å². The van der Waals surface area contributed by atoms with E-state index in [1.54, 1.807) is 12.1 Å². The summed E-state index contributed by atoms with van der Waals surface area (Å²) in [4.78, 5) is 18.4. The van der Waals surface area contributed by atoms with Crippen molar-refractivity contribution in [2.24, 2.45) is 0 Å². The van der Waals surface area contributed by atoms with Crippen molar-refractivity contribution in [3.63, 3.8) is 0 Å². The molecule has 1 aliphatic rings. The average molecular weight is 398 g/mol. The van der Waals surface area contributed by atoms with E-state index in [-0.39, 0.29) is 5.92 Å². The van der Waals surface area contributed by atoms with Gasteiger partial charge in [0.2, 0.25) is 11.7 Å². The van der Waals surface area contributed by atoms with Crippen LogP contribution in [0.4, 0.5) is 0 Å². The standard InChI is InChI=1S/C18H12BrN3O3/c19-11-4-1-9(2-5-11)12-8-13(12)17-21-16(22-25-17)10-3-6-14-15(7-10)24-18(23)20-14/h1-7,12-13H,8H2,(H,20,23)/t12-,13+/m0/s1. The van der Waals surface area contributed by atoms with Crippen molar-refractivity contribution >= 4 is 27.0 Å². The van der Waals surface area contributed by atoms with E-state index >= 15 is 0 Å². The zero-order valence-electron chi connectivity index (χ0n) is 12.9. The Kier molecular flexibility index (Phi) is 3.18. The van der Waals surface area contributed by atoms with E-state index in [4.69, 9.17) is 8.94 Å². The first-order valence-corrected chi connectivity index (χ1v) is 8.69. The Hall–Kier alpha value is -2.67. The molecule has 25 heavy (non-hydrogen) atoms. The Bertz CT molecular complexity index is 1130. The second kappa shape index (κ2) is 5.42. The van der Waals surface area contributed by atoms with E-state index in [1.165, 1.54) is 5.56 Å². The molecule has 0 spiro atoms. The van der Waals surface area contributed by atoms with E-state index in [0.717, 1.165) is 16.5 Å². The van der Waals surface area contributed by atoms with Crippen LogP contribution in [-0.4, -0.2) is 15.1 Å². The molecule has 0 radical (unpaired) electrons. The van der Waals surface area contributed by atoms with Crippen LogP contribution >= 0.6 is 15.9 Å². The van der Waals surface area contributed by atoms with E-state index < -0.39 is 5.76 Å². The molecule has 1 fully saturated rings. The van der Waals surface area contributed by atoms with Crippen LogP contribution in [-0.2, 0) is 0 Å². The second-order valence-corrected chi connectivity index (χ2v) is 7.10. The van der Waals surface area contributed by atoms with Gasteiger partial charge in [-0.15, -0.1) is 0 Å². The fraction of sp³-hybridized carbons (Fsp3) is 0.167. The van der Waals surface area contributed by atoms with Crippen LogP contribution in [0.15, 0.2) is 60.7 Å². The highest BCUT2D eigenvalue weighted by atomic mass is 79.9. The van der Waals surface area contributed by atoms with E-state index in [2.05, 4.69) is 43.2 Å². The Morgan fingerprint density at radius 3 is 2.80 bits per heavy atom. The lowest BCUT2D eigenvalue weighted by atomic mass is 10.1. The summed E-state index contributed by atoms with van der Waals surface area (Å²) in [5, 5.41) is 4.08. The number of halogens is 1. The quantitative estimate of drug-likeness (QED) is 0.559. The van der Waals surface area contributed by atoms with Gasteiger partial charge in [-0.3, -0.25) is 4.98 Å². The highest BCUT2D eigenvalue weighted by molar-refractivity contribution is 9.10. The number of aromatic amines is 1. The largest absolute Gasteiger partial charge is 0.417 e. The highest BCUT2D eigenvalue weighted by Crippen LogP contribution is 2.54. The number of oxazole rings is 1. The van der Waals surface area contributed by atoms with Crippen LogP contribution in [0.25, 0.3) is 22.5 Å². The molecule has 1 aliphatic carbocycles. The first kappa shape index (κ1) is 14.7. The maximum Gasteiger partial charge on any atom is 0.417 e. The molecule has 2 aromatic carbocycles. The van der Waals surface area contributed by atoms with Gasteiger partial charge in [0.25, 0.3) is 0 Å². The number of fused-ring (bicyclic) bond motifs is 1. The van der Waals surface area contributed by atoms with Gasteiger partial charge in [0.05, 0.1) is 5.52 Å². The van der Waals surface area contributed by atoms with Crippen LogP contribution in [0.1, 0.15) is 29.7 Å². The van der Waals surface area contributed by atoms with Crippen molar-refractivity contribution in [1.29, 1.82) is 0 Å². The number of nitrogens with one attached hydrogen (secondary N) is 1. The predicted octanol–water partition coefficient (Wildman–Crippen LogP) is 4.20. The van der Waals surface area contributed by atoms with Crippen LogP contribution in [0.5, 0.6) is 0 Å². The normalized spacial score (nSPS) is 19.4. The van der Waals surface area contributed by atoms with Crippen molar-refractivity contribution < 1.29 is 8.94 Å². The maximum absolute atomic E-state index is 11.3. The molecule has 1 saturated carbocycles. The van der Waals surface area contributed by atoms with E-state index in [1.807, 2.05) is 18.2 Å². The lowest BCUT2D eigenvalue weighted by molar-refractivity contribution is 0.378. The number of aromatic nitrogens is 3. The molecule has 7 heteroatoms. The summed E-state index contributed by atoms with van der Waals surface area (Å²) in [5.41, 5.74) is 3.16. The Labute approximate surface area is 150 Å². The van der Waals surface area contributed by atoms with Gasteiger partial charge in [-0.1, -0.05) is 33.2 Å². The third-order valence-corrected chi connectivity index (χ3v) is 5.06. The summed E-state index contributed by atoms with van der Waals surface area (Å²) < 4.78 is 11.6. The van der Waals surface area contributed by atoms with Crippen molar-refractivity contribution in [1.82, 2.24) is 15.1 Å². The number of nitrogens with zero attached hydrogens (tertiary/aromatic N) is 2. The molecule has 0 amide bonds. The smallest absolute Gasteiger partial charge is 0.408 e. The number of benzene rings is 2. The van der Waals surface area contributed by atoms with Crippen LogP contribution < -0.4 is 5.76 Å². The van der Waals surface area contributed by atoms with E-state index in [9.17, 15) is 4.79 Å². The summed E-state index contributed by atoms with van der Waals surface area (Å²) in [6.45, 7) is 0. The molecule has 0 aliphatic heterocycles. The minimum absolute atomic E-state index is 0.261. The van der Waals surface area contributed by atoms with Gasteiger partial charge in [-0.05, 0) is 48.2 Å². The summed E-state index contributed by atoms with van der Waals surface area (Å²) >= 11 is 3.45. The molecule has 2 heterocycles. The fourth-order valence-electron chi connectivity index (χ4n) is 3.13. The number of hydrogen-bond donors (Lipinski definition) is 1. The molecule has 1 N–H and O–H groups in total. The molecule has 124 valence electrons. The summed E-state index contributed by atoms with van der Waals surface area (Å²) in [6, 6.07) is 13.7. The average Bonchev–Trinajstić information content (AvgIpc) is 3.08. The molecule has 2 aromatic heterocycles. The molecule has 6 nitrogen and oxygen atoms in total. The van der Waals surface area contributed by atoms with E-state index in [0.29, 0.717) is 28.7 Å². The zero-order valence-corrected chi connectivity index (χ0v) is 14.5. The SMILES string of the molecule is O=c1[nH]c2ccc(-c3noc([C@@H]4C[C@H]4c4ccc(Br)cc4)n3)cc2o1. The van der Waals surface area contributed by atoms with Gasteiger partial charge in [-0.25, -0.2) is 4.79 Å². The molecular weight excluding hydrogens is 386 g/mol. The summed E-state index contributed by atoms with van der Waals surface area (Å²) in [5.74, 6) is 1.36. The van der Waals surface area contributed by atoms with Crippen molar-refractivity contribution in [2.45, 2.75) is 18.3 Å². The fourth-order valence-corrected chi connectivity index (χ4v) is 3.40. The van der Waals surface area contributed by atoms with Crippen molar-refractivity contribution in [2.75, 3.05) is 0 Å². The predicted molar refractivity (Wildman–Crippen MR) is 94.4 cm³/mol. The third-order valence-electron chi connectivity index (χ3n) is 4.53. The molecule has 0 saturated heterocycles. The Morgan fingerprint density at radius 2 is 1.96 bits per heavy atom. The zero-order chi connectivity index (χ0) is 17.0. The monoisotopic (exact) mass is 397 g/mol. The number of H-pyrrole nitrogens is 1.